The summed E-state index contributed by atoms with van der Waals surface area (Å²) < 4.78 is 5.78. The van der Waals surface area contributed by atoms with Crippen LogP contribution in [0.25, 0.3) is 0 Å². The number of hydrogen-bond donors (Lipinski definition) is 1. The Morgan fingerprint density at radius 1 is 1.26 bits per heavy atom. The third kappa shape index (κ3) is 4.14. The molecule has 0 aliphatic heterocycles. The first-order valence-corrected chi connectivity index (χ1v) is 6.71. The first-order valence-electron chi connectivity index (χ1n) is 6.33. The predicted molar refractivity (Wildman–Crippen MR) is 79.4 cm³/mol. The van der Waals surface area contributed by atoms with Crippen LogP contribution >= 0.6 is 11.6 Å². The summed E-state index contributed by atoms with van der Waals surface area (Å²) >= 11 is 5.85. The van der Waals surface area contributed by atoms with E-state index in [4.69, 9.17) is 16.3 Å². The number of ether oxygens (including phenoxy) is 1. The van der Waals surface area contributed by atoms with Gasteiger partial charge in [-0.05, 0) is 37.6 Å². The van der Waals surface area contributed by atoms with E-state index in [9.17, 15) is 0 Å². The summed E-state index contributed by atoms with van der Waals surface area (Å²) in [5.74, 6) is 1.56. The average molecular weight is 277 g/mol. The van der Waals surface area contributed by atoms with E-state index in [-0.39, 0.29) is 6.10 Å². The van der Waals surface area contributed by atoms with Crippen LogP contribution in [0.2, 0.25) is 5.15 Å². The Kier molecular flexibility index (Phi) is 4.63. The highest BCUT2D eigenvalue weighted by Gasteiger charge is 2.03. The molecule has 2 aromatic rings. The summed E-state index contributed by atoms with van der Waals surface area (Å²) in [5, 5.41) is 3.67. The van der Waals surface area contributed by atoms with Gasteiger partial charge in [0.15, 0.2) is 0 Å². The molecule has 2 rings (SSSR count). The number of pyridine rings is 1. The molecule has 0 radical (unpaired) electrons. The van der Waals surface area contributed by atoms with E-state index < -0.39 is 0 Å². The minimum Gasteiger partial charge on any atom is -0.491 e. The van der Waals surface area contributed by atoms with Gasteiger partial charge in [0, 0.05) is 11.8 Å². The molecule has 0 saturated carbocycles. The summed E-state index contributed by atoms with van der Waals surface area (Å²) in [6.45, 7) is 4.15. The van der Waals surface area contributed by atoms with E-state index in [0.29, 0.717) is 11.0 Å². The highest BCUT2D eigenvalue weighted by Crippen LogP contribution is 2.22. The van der Waals surface area contributed by atoms with Crippen molar-refractivity contribution in [2.45, 2.75) is 26.4 Å². The van der Waals surface area contributed by atoms with Crippen molar-refractivity contribution < 1.29 is 4.74 Å². The highest BCUT2D eigenvalue weighted by molar-refractivity contribution is 6.29. The molecular formula is C15H17ClN2O. The molecule has 0 bridgehead atoms. The van der Waals surface area contributed by atoms with Gasteiger partial charge in [0.05, 0.1) is 6.10 Å². The van der Waals surface area contributed by atoms with E-state index >= 15 is 0 Å². The van der Waals surface area contributed by atoms with E-state index in [1.165, 1.54) is 0 Å². The fraction of sp³-hybridized carbons (Fsp3) is 0.267. The number of nitrogens with one attached hydrogen (secondary N) is 1. The maximum atomic E-state index is 5.85. The molecule has 0 saturated heterocycles. The summed E-state index contributed by atoms with van der Waals surface area (Å²) in [7, 11) is 0. The normalized spacial score (nSPS) is 11.9. The molecule has 1 heterocycles. The van der Waals surface area contributed by atoms with E-state index in [1.807, 2.05) is 36.4 Å². The van der Waals surface area contributed by atoms with Gasteiger partial charge in [-0.1, -0.05) is 30.7 Å². The summed E-state index contributed by atoms with van der Waals surface area (Å²) in [4.78, 5) is 4.19. The minimum absolute atomic E-state index is 0.208. The van der Waals surface area contributed by atoms with Crippen LogP contribution in [0.1, 0.15) is 20.3 Å². The van der Waals surface area contributed by atoms with Crippen molar-refractivity contribution in [2.75, 3.05) is 5.32 Å². The van der Waals surface area contributed by atoms with Gasteiger partial charge in [-0.2, -0.15) is 0 Å². The Balaban J connectivity index is 2.10. The molecule has 19 heavy (non-hydrogen) atoms. The van der Waals surface area contributed by atoms with Gasteiger partial charge >= 0.3 is 0 Å². The molecule has 1 aromatic heterocycles. The Morgan fingerprint density at radius 2 is 2.05 bits per heavy atom. The quantitative estimate of drug-likeness (QED) is 0.807. The highest BCUT2D eigenvalue weighted by atomic mass is 35.5. The molecule has 1 unspecified atom stereocenters. The summed E-state index contributed by atoms with van der Waals surface area (Å²) in [5.41, 5.74) is 0.926. The number of nitrogens with zero attached hydrogens (tertiary/aromatic N) is 1. The average Bonchev–Trinajstić information content (AvgIpc) is 2.39. The van der Waals surface area contributed by atoms with Crippen molar-refractivity contribution in [3.05, 3.63) is 47.6 Å². The van der Waals surface area contributed by atoms with Crippen LogP contribution in [0.5, 0.6) is 5.75 Å². The molecule has 0 aliphatic carbocycles. The lowest BCUT2D eigenvalue weighted by atomic mass is 10.2. The smallest absolute Gasteiger partial charge is 0.132 e. The van der Waals surface area contributed by atoms with E-state index in [0.717, 1.165) is 17.9 Å². The molecular weight excluding hydrogens is 260 g/mol. The van der Waals surface area contributed by atoms with E-state index in [1.54, 1.807) is 6.07 Å². The second-order valence-electron chi connectivity index (χ2n) is 4.34. The Labute approximate surface area is 118 Å². The van der Waals surface area contributed by atoms with Crippen LogP contribution in [0, 0.1) is 0 Å². The van der Waals surface area contributed by atoms with Crippen LogP contribution in [0.4, 0.5) is 11.5 Å². The van der Waals surface area contributed by atoms with E-state index in [2.05, 4.69) is 24.1 Å². The van der Waals surface area contributed by atoms with Crippen LogP contribution in [-0.2, 0) is 0 Å². The fourth-order valence-electron chi connectivity index (χ4n) is 1.59. The summed E-state index contributed by atoms with van der Waals surface area (Å²) in [6.07, 6.45) is 1.19. The van der Waals surface area contributed by atoms with Crippen molar-refractivity contribution in [2.24, 2.45) is 0 Å². The number of halogens is 1. The van der Waals surface area contributed by atoms with Gasteiger partial charge in [0.25, 0.3) is 0 Å². The second-order valence-corrected chi connectivity index (χ2v) is 4.72. The van der Waals surface area contributed by atoms with Crippen LogP contribution < -0.4 is 10.1 Å². The zero-order chi connectivity index (χ0) is 13.7. The number of aromatic nitrogens is 1. The standard InChI is InChI=1S/C15H17ClN2O/c1-3-11(2)19-13-7-4-6-12(10-13)17-15-9-5-8-14(16)18-15/h4-11H,3H2,1-2H3,(H,17,18). The second kappa shape index (κ2) is 6.43. The van der Waals surface area contributed by atoms with Crippen molar-refractivity contribution in [3.8, 4) is 5.75 Å². The molecule has 0 spiro atoms. The van der Waals surface area contributed by atoms with Crippen molar-refractivity contribution in [3.63, 3.8) is 0 Å². The molecule has 4 heteroatoms. The molecule has 0 amide bonds. The van der Waals surface area contributed by atoms with Gasteiger partial charge in [-0.15, -0.1) is 0 Å². The van der Waals surface area contributed by atoms with Gasteiger partial charge in [0.2, 0.25) is 0 Å². The minimum atomic E-state index is 0.208. The van der Waals surface area contributed by atoms with Crippen LogP contribution in [0.3, 0.4) is 0 Å². The Hall–Kier alpha value is -1.74. The lowest BCUT2D eigenvalue weighted by Gasteiger charge is -2.13. The number of benzene rings is 1. The van der Waals surface area contributed by atoms with Gasteiger partial charge in [-0.25, -0.2) is 4.98 Å². The monoisotopic (exact) mass is 276 g/mol. The molecule has 100 valence electrons. The third-order valence-electron chi connectivity index (χ3n) is 2.73. The molecule has 3 nitrogen and oxygen atoms in total. The SMILES string of the molecule is CCC(C)Oc1cccc(Nc2cccc(Cl)n2)c1. The molecule has 1 N–H and O–H groups in total. The van der Waals surface area contributed by atoms with Gasteiger partial charge < -0.3 is 10.1 Å². The fourth-order valence-corrected chi connectivity index (χ4v) is 1.75. The first-order chi connectivity index (χ1) is 9.17. The molecule has 0 fully saturated rings. The van der Waals surface area contributed by atoms with Crippen molar-refractivity contribution >= 4 is 23.1 Å². The van der Waals surface area contributed by atoms with Crippen LogP contribution in [0.15, 0.2) is 42.5 Å². The predicted octanol–water partition coefficient (Wildman–Crippen LogP) is 4.66. The zero-order valence-corrected chi connectivity index (χ0v) is 11.8. The number of rotatable bonds is 5. The Morgan fingerprint density at radius 3 is 2.79 bits per heavy atom. The van der Waals surface area contributed by atoms with Crippen molar-refractivity contribution in [1.29, 1.82) is 0 Å². The number of hydrogen-bond acceptors (Lipinski definition) is 3. The van der Waals surface area contributed by atoms with Crippen LogP contribution in [-0.4, -0.2) is 11.1 Å². The maximum Gasteiger partial charge on any atom is 0.132 e. The molecule has 1 atom stereocenters. The lowest BCUT2D eigenvalue weighted by molar-refractivity contribution is 0.217. The largest absolute Gasteiger partial charge is 0.491 e. The van der Waals surface area contributed by atoms with Crippen molar-refractivity contribution in [1.82, 2.24) is 4.98 Å². The first kappa shape index (κ1) is 13.7. The maximum absolute atomic E-state index is 5.85. The van der Waals surface area contributed by atoms with Gasteiger partial charge in [-0.3, -0.25) is 0 Å². The molecule has 0 aliphatic rings. The number of anilines is 2. The van der Waals surface area contributed by atoms with Gasteiger partial charge in [0.1, 0.15) is 16.7 Å². The summed E-state index contributed by atoms with van der Waals surface area (Å²) in [6, 6.07) is 13.3. The Bertz CT molecular complexity index is 545. The topological polar surface area (TPSA) is 34.1 Å². The molecule has 1 aromatic carbocycles. The zero-order valence-electron chi connectivity index (χ0n) is 11.1. The lowest BCUT2D eigenvalue weighted by Crippen LogP contribution is -2.09. The third-order valence-corrected chi connectivity index (χ3v) is 2.94.